The molecule has 0 fully saturated rings. The van der Waals surface area contributed by atoms with E-state index in [1.165, 1.54) is 24.3 Å². The molecule has 6 heteroatoms. The summed E-state index contributed by atoms with van der Waals surface area (Å²) in [5.41, 5.74) is 0.376. The predicted molar refractivity (Wildman–Crippen MR) is 82.3 cm³/mol. The fourth-order valence-electron chi connectivity index (χ4n) is 1.59. The van der Waals surface area contributed by atoms with Crippen molar-refractivity contribution in [3.63, 3.8) is 0 Å². The van der Waals surface area contributed by atoms with Crippen LogP contribution in [0.4, 0.5) is 4.39 Å². The van der Waals surface area contributed by atoms with Gasteiger partial charge >= 0.3 is 5.97 Å². The molecule has 0 aliphatic heterocycles. The van der Waals surface area contributed by atoms with Crippen LogP contribution in [0.2, 0.25) is 5.02 Å². The average Bonchev–Trinajstić information content (AvgIpc) is 2.39. The number of aliphatic carboxylic acids is 1. The Hall–Kier alpha value is -1.85. The van der Waals surface area contributed by atoms with Crippen LogP contribution in [0.15, 0.2) is 46.9 Å². The molecule has 0 aliphatic rings. The summed E-state index contributed by atoms with van der Waals surface area (Å²) in [7, 11) is 0. The Morgan fingerprint density at radius 3 is 2.71 bits per heavy atom. The summed E-state index contributed by atoms with van der Waals surface area (Å²) >= 11 is 9.30. The molecule has 0 bridgehead atoms. The van der Waals surface area contributed by atoms with Gasteiger partial charge in [0.15, 0.2) is 0 Å². The number of carboxylic acid groups (broad SMARTS) is 1. The van der Waals surface area contributed by atoms with Gasteiger partial charge in [-0.3, -0.25) is 0 Å². The van der Waals surface area contributed by atoms with Crippen LogP contribution >= 0.6 is 27.5 Å². The van der Waals surface area contributed by atoms with E-state index in [0.717, 1.165) is 10.5 Å². The molecule has 0 unspecified atom stereocenters. The van der Waals surface area contributed by atoms with Crippen LogP contribution in [-0.4, -0.2) is 11.1 Å². The summed E-state index contributed by atoms with van der Waals surface area (Å²) in [5.74, 6) is -1.05. The maximum absolute atomic E-state index is 13.5. The van der Waals surface area contributed by atoms with E-state index in [2.05, 4.69) is 15.9 Å². The van der Waals surface area contributed by atoms with Crippen molar-refractivity contribution in [2.24, 2.45) is 0 Å². The van der Waals surface area contributed by atoms with E-state index in [1.54, 1.807) is 18.2 Å². The zero-order valence-electron chi connectivity index (χ0n) is 10.5. The molecular weight excluding hydrogens is 363 g/mol. The lowest BCUT2D eigenvalue weighted by molar-refractivity contribution is -0.131. The zero-order chi connectivity index (χ0) is 15.4. The highest BCUT2D eigenvalue weighted by atomic mass is 79.9. The third kappa shape index (κ3) is 4.58. The van der Waals surface area contributed by atoms with Crippen molar-refractivity contribution in [3.8, 4) is 11.5 Å². The molecule has 0 spiro atoms. The third-order valence-corrected chi connectivity index (χ3v) is 3.22. The largest absolute Gasteiger partial charge is 0.478 e. The molecule has 2 aromatic rings. The lowest BCUT2D eigenvalue weighted by atomic mass is 10.2. The maximum Gasteiger partial charge on any atom is 0.328 e. The normalized spacial score (nSPS) is 10.8. The predicted octanol–water partition coefficient (Wildman–Crippen LogP) is 5.13. The van der Waals surface area contributed by atoms with Gasteiger partial charge in [-0.2, -0.15) is 0 Å². The second kappa shape index (κ2) is 6.74. The first-order chi connectivity index (χ1) is 9.94. The van der Waals surface area contributed by atoms with Crippen LogP contribution in [-0.2, 0) is 4.79 Å². The maximum atomic E-state index is 13.5. The fourth-order valence-corrected chi connectivity index (χ4v) is 2.30. The SMILES string of the molecule is O=C(O)/C=C/c1cc(F)cc(Oc2ccc(Br)cc2Cl)c1. The van der Waals surface area contributed by atoms with E-state index in [9.17, 15) is 9.18 Å². The van der Waals surface area contributed by atoms with Crippen LogP contribution in [0.25, 0.3) is 6.08 Å². The number of hydrogen-bond acceptors (Lipinski definition) is 2. The molecule has 3 nitrogen and oxygen atoms in total. The standard InChI is InChI=1S/C15H9BrClFO3/c16-10-2-3-14(13(17)7-10)21-12-6-9(1-4-15(19)20)5-11(18)8-12/h1-8H,(H,19,20)/b4-1+. The first-order valence-electron chi connectivity index (χ1n) is 5.78. The summed E-state index contributed by atoms with van der Waals surface area (Å²) < 4.78 is 19.8. The number of carbonyl (C=O) groups is 1. The molecule has 1 N–H and O–H groups in total. The smallest absolute Gasteiger partial charge is 0.328 e. The number of carboxylic acids is 1. The van der Waals surface area contributed by atoms with E-state index in [4.69, 9.17) is 21.4 Å². The Bertz CT molecular complexity index is 716. The zero-order valence-corrected chi connectivity index (χ0v) is 12.9. The number of hydrogen-bond donors (Lipinski definition) is 1. The van der Waals surface area contributed by atoms with Crippen molar-refractivity contribution in [2.75, 3.05) is 0 Å². The quantitative estimate of drug-likeness (QED) is 0.758. The van der Waals surface area contributed by atoms with Gasteiger partial charge in [0, 0.05) is 16.6 Å². The summed E-state index contributed by atoms with van der Waals surface area (Å²) in [6, 6.07) is 8.95. The first-order valence-corrected chi connectivity index (χ1v) is 6.95. The Kier molecular flexibility index (Phi) is 4.98. The van der Waals surface area contributed by atoms with Gasteiger partial charge < -0.3 is 9.84 Å². The lowest BCUT2D eigenvalue weighted by Crippen LogP contribution is -1.89. The molecule has 0 aromatic heterocycles. The van der Waals surface area contributed by atoms with Gasteiger partial charge in [0.2, 0.25) is 0 Å². The number of rotatable bonds is 4. The highest BCUT2D eigenvalue weighted by molar-refractivity contribution is 9.10. The van der Waals surface area contributed by atoms with Crippen LogP contribution < -0.4 is 4.74 Å². The Labute approximate surface area is 133 Å². The van der Waals surface area contributed by atoms with E-state index < -0.39 is 11.8 Å². The van der Waals surface area contributed by atoms with Gasteiger partial charge in [-0.15, -0.1) is 0 Å². The monoisotopic (exact) mass is 370 g/mol. The molecule has 0 radical (unpaired) electrons. The molecule has 21 heavy (non-hydrogen) atoms. The second-order valence-corrected chi connectivity index (χ2v) is 5.39. The molecule has 0 atom stereocenters. The first kappa shape index (κ1) is 15.5. The average molecular weight is 372 g/mol. The Balaban J connectivity index is 2.29. The van der Waals surface area contributed by atoms with Gasteiger partial charge in [0.25, 0.3) is 0 Å². The molecule has 0 aliphatic carbocycles. The second-order valence-electron chi connectivity index (χ2n) is 4.07. The van der Waals surface area contributed by atoms with Crippen LogP contribution in [0, 0.1) is 5.82 Å². The topological polar surface area (TPSA) is 46.5 Å². The summed E-state index contributed by atoms with van der Waals surface area (Å²) in [6.07, 6.45) is 2.20. The molecule has 2 rings (SSSR count). The van der Waals surface area contributed by atoms with Crippen molar-refractivity contribution in [2.45, 2.75) is 0 Å². The summed E-state index contributed by atoms with van der Waals surface area (Å²) in [6.45, 7) is 0. The van der Waals surface area contributed by atoms with Crippen molar-refractivity contribution in [1.82, 2.24) is 0 Å². The molecule has 2 aromatic carbocycles. The van der Waals surface area contributed by atoms with Gasteiger partial charge in [0.1, 0.15) is 17.3 Å². The lowest BCUT2D eigenvalue weighted by Gasteiger charge is -2.09. The third-order valence-electron chi connectivity index (χ3n) is 2.43. The summed E-state index contributed by atoms with van der Waals surface area (Å²) in [5, 5.41) is 8.95. The molecule has 0 saturated heterocycles. The number of halogens is 3. The van der Waals surface area contributed by atoms with Crippen molar-refractivity contribution >= 4 is 39.6 Å². The Morgan fingerprint density at radius 1 is 1.29 bits per heavy atom. The van der Waals surface area contributed by atoms with Gasteiger partial charge in [-0.05, 0) is 42.0 Å². The minimum absolute atomic E-state index is 0.226. The highest BCUT2D eigenvalue weighted by Crippen LogP contribution is 2.32. The fraction of sp³-hybridized carbons (Fsp3) is 0. The molecule has 108 valence electrons. The van der Waals surface area contributed by atoms with E-state index in [1.807, 2.05) is 0 Å². The molecule has 0 amide bonds. The van der Waals surface area contributed by atoms with E-state index in [0.29, 0.717) is 16.3 Å². The Morgan fingerprint density at radius 2 is 2.05 bits per heavy atom. The molecule has 0 saturated carbocycles. The van der Waals surface area contributed by atoms with Crippen LogP contribution in [0.1, 0.15) is 5.56 Å². The minimum Gasteiger partial charge on any atom is -0.478 e. The number of benzene rings is 2. The van der Waals surface area contributed by atoms with Crippen molar-refractivity contribution < 1.29 is 19.0 Å². The summed E-state index contributed by atoms with van der Waals surface area (Å²) in [4.78, 5) is 10.5. The highest BCUT2D eigenvalue weighted by Gasteiger charge is 2.06. The van der Waals surface area contributed by atoms with E-state index in [-0.39, 0.29) is 5.75 Å². The van der Waals surface area contributed by atoms with Crippen LogP contribution in [0.3, 0.4) is 0 Å². The van der Waals surface area contributed by atoms with Crippen LogP contribution in [0.5, 0.6) is 11.5 Å². The number of ether oxygens (including phenoxy) is 1. The van der Waals surface area contributed by atoms with E-state index >= 15 is 0 Å². The molecular formula is C15H9BrClFO3. The van der Waals surface area contributed by atoms with Crippen molar-refractivity contribution in [3.05, 3.63) is 63.4 Å². The molecule has 0 heterocycles. The van der Waals surface area contributed by atoms with Gasteiger partial charge in [-0.1, -0.05) is 27.5 Å². The van der Waals surface area contributed by atoms with Crippen molar-refractivity contribution in [1.29, 1.82) is 0 Å². The van der Waals surface area contributed by atoms with Gasteiger partial charge in [0.05, 0.1) is 5.02 Å². The van der Waals surface area contributed by atoms with Gasteiger partial charge in [-0.25, -0.2) is 9.18 Å². The minimum atomic E-state index is -1.11.